The summed E-state index contributed by atoms with van der Waals surface area (Å²) in [5, 5.41) is 12.3. The number of anilines is 2. The lowest BCUT2D eigenvalue weighted by atomic mass is 10.0. The standard InChI is InChI=1S/C18H25N5/c1-12-6-7-15(16(19)9-12)18-13(2)10-17(21-22-18)20-14-5-4-8-23(3)11-14/h6-7,9-10,14H,4-5,8,11,19H2,1-3H3,(H,20,21)/t14-/m1/s1. The normalized spacial score (nSPS) is 18.8. The van der Waals surface area contributed by atoms with Gasteiger partial charge in [-0.25, -0.2) is 0 Å². The number of nitrogens with one attached hydrogen (secondary N) is 1. The fourth-order valence-electron chi connectivity index (χ4n) is 3.21. The second kappa shape index (κ2) is 6.54. The van der Waals surface area contributed by atoms with Crippen LogP contribution in [-0.2, 0) is 0 Å². The molecule has 3 N–H and O–H groups in total. The van der Waals surface area contributed by atoms with Crippen LogP contribution < -0.4 is 11.1 Å². The summed E-state index contributed by atoms with van der Waals surface area (Å²) in [5.41, 5.74) is 10.9. The summed E-state index contributed by atoms with van der Waals surface area (Å²) in [7, 11) is 2.16. The maximum atomic E-state index is 6.14. The lowest BCUT2D eigenvalue weighted by molar-refractivity contribution is 0.260. The van der Waals surface area contributed by atoms with E-state index in [1.54, 1.807) is 0 Å². The summed E-state index contributed by atoms with van der Waals surface area (Å²) in [6.07, 6.45) is 2.40. The third kappa shape index (κ3) is 3.62. The third-order valence-electron chi connectivity index (χ3n) is 4.42. The maximum absolute atomic E-state index is 6.14. The van der Waals surface area contributed by atoms with Crippen molar-refractivity contribution in [2.45, 2.75) is 32.7 Å². The molecule has 0 bridgehead atoms. The molecule has 1 atom stereocenters. The molecular weight excluding hydrogens is 286 g/mol. The average Bonchev–Trinajstić information content (AvgIpc) is 2.48. The number of rotatable bonds is 3. The number of likely N-dealkylation sites (N-methyl/N-ethyl adjacent to an activating group) is 1. The molecule has 5 nitrogen and oxygen atoms in total. The Morgan fingerprint density at radius 1 is 1.22 bits per heavy atom. The second-order valence-electron chi connectivity index (χ2n) is 6.60. The first-order valence-corrected chi connectivity index (χ1v) is 8.19. The molecule has 5 heteroatoms. The van der Waals surface area contributed by atoms with Crippen molar-refractivity contribution >= 4 is 11.5 Å². The van der Waals surface area contributed by atoms with E-state index in [4.69, 9.17) is 5.73 Å². The number of benzene rings is 1. The average molecular weight is 311 g/mol. The van der Waals surface area contributed by atoms with Gasteiger partial charge in [-0.2, -0.15) is 0 Å². The molecule has 1 fully saturated rings. The number of aryl methyl sites for hydroxylation is 2. The monoisotopic (exact) mass is 311 g/mol. The minimum Gasteiger partial charge on any atom is -0.398 e. The van der Waals surface area contributed by atoms with E-state index in [0.29, 0.717) is 6.04 Å². The molecule has 1 aliphatic heterocycles. The lowest BCUT2D eigenvalue weighted by Crippen LogP contribution is -2.39. The van der Waals surface area contributed by atoms with Gasteiger partial charge in [0, 0.05) is 23.8 Å². The molecule has 2 heterocycles. The molecule has 1 saturated heterocycles. The topological polar surface area (TPSA) is 67.1 Å². The Morgan fingerprint density at radius 2 is 2.04 bits per heavy atom. The van der Waals surface area contributed by atoms with Crippen LogP contribution in [0.25, 0.3) is 11.3 Å². The highest BCUT2D eigenvalue weighted by Crippen LogP contribution is 2.28. The predicted octanol–water partition coefficient (Wildman–Crippen LogP) is 2.85. The quantitative estimate of drug-likeness (QED) is 0.853. The van der Waals surface area contributed by atoms with Crippen molar-refractivity contribution in [3.05, 3.63) is 35.4 Å². The van der Waals surface area contributed by atoms with Gasteiger partial charge in [0.05, 0.1) is 5.69 Å². The number of nitrogens with two attached hydrogens (primary N) is 1. The summed E-state index contributed by atoms with van der Waals surface area (Å²) in [6, 6.07) is 8.55. The Labute approximate surface area is 137 Å². The molecule has 122 valence electrons. The fraction of sp³-hybridized carbons (Fsp3) is 0.444. The van der Waals surface area contributed by atoms with Gasteiger partial charge < -0.3 is 16.0 Å². The largest absolute Gasteiger partial charge is 0.398 e. The zero-order valence-electron chi connectivity index (χ0n) is 14.1. The van der Waals surface area contributed by atoms with Crippen molar-refractivity contribution in [3.63, 3.8) is 0 Å². The molecule has 23 heavy (non-hydrogen) atoms. The number of nitrogen functional groups attached to an aromatic ring is 1. The number of nitrogens with zero attached hydrogens (tertiary/aromatic N) is 3. The zero-order chi connectivity index (χ0) is 16.4. The highest BCUT2D eigenvalue weighted by Gasteiger charge is 2.18. The molecule has 0 unspecified atom stereocenters. The third-order valence-corrected chi connectivity index (χ3v) is 4.42. The first kappa shape index (κ1) is 15.7. The first-order valence-electron chi connectivity index (χ1n) is 8.19. The zero-order valence-corrected chi connectivity index (χ0v) is 14.1. The molecule has 2 aromatic rings. The summed E-state index contributed by atoms with van der Waals surface area (Å²) in [6.45, 7) is 6.32. The minimum atomic E-state index is 0.442. The van der Waals surface area contributed by atoms with Crippen LogP contribution in [0.3, 0.4) is 0 Å². The van der Waals surface area contributed by atoms with Crippen molar-refractivity contribution in [3.8, 4) is 11.3 Å². The van der Waals surface area contributed by atoms with Crippen LogP contribution in [0.5, 0.6) is 0 Å². The van der Waals surface area contributed by atoms with E-state index in [9.17, 15) is 0 Å². The Morgan fingerprint density at radius 3 is 2.74 bits per heavy atom. The van der Waals surface area contributed by atoms with E-state index >= 15 is 0 Å². The van der Waals surface area contributed by atoms with Crippen LogP contribution >= 0.6 is 0 Å². The molecule has 0 radical (unpaired) electrons. The van der Waals surface area contributed by atoms with E-state index in [-0.39, 0.29) is 0 Å². The number of hydrogen-bond acceptors (Lipinski definition) is 5. The number of hydrogen-bond donors (Lipinski definition) is 2. The molecule has 1 aromatic carbocycles. The number of piperidine rings is 1. The van der Waals surface area contributed by atoms with Crippen LogP contribution in [0.4, 0.5) is 11.5 Å². The van der Waals surface area contributed by atoms with Crippen molar-refractivity contribution in [2.24, 2.45) is 0 Å². The van der Waals surface area contributed by atoms with Gasteiger partial charge in [0.1, 0.15) is 5.82 Å². The Balaban J connectivity index is 1.80. The van der Waals surface area contributed by atoms with Crippen LogP contribution in [0.15, 0.2) is 24.3 Å². The molecule has 0 spiro atoms. The van der Waals surface area contributed by atoms with Crippen LogP contribution in [-0.4, -0.2) is 41.3 Å². The van der Waals surface area contributed by atoms with Crippen molar-refractivity contribution in [1.29, 1.82) is 0 Å². The Bertz CT molecular complexity index is 698. The second-order valence-corrected chi connectivity index (χ2v) is 6.60. The lowest BCUT2D eigenvalue weighted by Gasteiger charge is -2.30. The molecule has 1 aliphatic rings. The van der Waals surface area contributed by atoms with Crippen molar-refractivity contribution in [1.82, 2.24) is 15.1 Å². The molecule has 1 aromatic heterocycles. The highest BCUT2D eigenvalue weighted by atomic mass is 15.2. The summed E-state index contributed by atoms with van der Waals surface area (Å²) < 4.78 is 0. The Hall–Kier alpha value is -2.14. The van der Waals surface area contributed by atoms with Gasteiger partial charge in [0.25, 0.3) is 0 Å². The predicted molar refractivity (Wildman–Crippen MR) is 95.5 cm³/mol. The van der Waals surface area contributed by atoms with Crippen LogP contribution in [0, 0.1) is 13.8 Å². The van der Waals surface area contributed by atoms with E-state index in [1.807, 2.05) is 19.1 Å². The molecular formula is C18H25N5. The maximum Gasteiger partial charge on any atom is 0.149 e. The minimum absolute atomic E-state index is 0.442. The Kier molecular flexibility index (Phi) is 4.48. The van der Waals surface area contributed by atoms with Crippen LogP contribution in [0.2, 0.25) is 0 Å². The first-order chi connectivity index (χ1) is 11.0. The number of aromatic nitrogens is 2. The van der Waals surface area contributed by atoms with Crippen molar-refractivity contribution < 1.29 is 0 Å². The fourth-order valence-corrected chi connectivity index (χ4v) is 3.21. The molecule has 0 amide bonds. The van der Waals surface area contributed by atoms with Gasteiger partial charge in [0.15, 0.2) is 0 Å². The molecule has 0 aliphatic carbocycles. The summed E-state index contributed by atoms with van der Waals surface area (Å²) in [5.74, 6) is 0.845. The molecule has 0 saturated carbocycles. The van der Waals surface area contributed by atoms with Crippen LogP contribution in [0.1, 0.15) is 24.0 Å². The van der Waals surface area contributed by atoms with Gasteiger partial charge in [-0.3, -0.25) is 0 Å². The van der Waals surface area contributed by atoms with E-state index < -0.39 is 0 Å². The van der Waals surface area contributed by atoms with Gasteiger partial charge in [-0.05, 0) is 63.5 Å². The smallest absolute Gasteiger partial charge is 0.149 e. The SMILES string of the molecule is Cc1ccc(-c2nnc(N[C@@H]3CCCN(C)C3)cc2C)c(N)c1. The summed E-state index contributed by atoms with van der Waals surface area (Å²) in [4.78, 5) is 2.35. The van der Waals surface area contributed by atoms with Gasteiger partial charge in [0.2, 0.25) is 0 Å². The van der Waals surface area contributed by atoms with E-state index in [2.05, 4.69) is 46.5 Å². The molecule has 3 rings (SSSR count). The summed E-state index contributed by atoms with van der Waals surface area (Å²) >= 11 is 0. The highest BCUT2D eigenvalue weighted by molar-refractivity contribution is 5.76. The van der Waals surface area contributed by atoms with Gasteiger partial charge >= 0.3 is 0 Å². The van der Waals surface area contributed by atoms with Gasteiger partial charge in [-0.15, -0.1) is 10.2 Å². The van der Waals surface area contributed by atoms with Crippen molar-refractivity contribution in [2.75, 3.05) is 31.2 Å². The van der Waals surface area contributed by atoms with E-state index in [0.717, 1.165) is 40.4 Å². The van der Waals surface area contributed by atoms with E-state index in [1.165, 1.54) is 19.4 Å². The number of likely N-dealkylation sites (tertiary alicyclic amines) is 1. The van der Waals surface area contributed by atoms with Gasteiger partial charge in [-0.1, -0.05) is 12.1 Å².